The van der Waals surface area contributed by atoms with Crippen LogP contribution in [-0.2, 0) is 11.3 Å². The zero-order valence-corrected chi connectivity index (χ0v) is 18.1. The Balaban J connectivity index is 1.29. The summed E-state index contributed by atoms with van der Waals surface area (Å²) < 4.78 is 2.43. The first kappa shape index (κ1) is 19.7. The van der Waals surface area contributed by atoms with Gasteiger partial charge >= 0.3 is 0 Å². The highest BCUT2D eigenvalue weighted by Crippen LogP contribution is 2.30. The van der Waals surface area contributed by atoms with Crippen LogP contribution in [0, 0.1) is 6.92 Å². The summed E-state index contributed by atoms with van der Waals surface area (Å²) >= 11 is 1.68. The van der Waals surface area contributed by atoms with E-state index in [-0.39, 0.29) is 24.1 Å². The van der Waals surface area contributed by atoms with Crippen LogP contribution in [0.3, 0.4) is 0 Å². The Kier molecular flexibility index (Phi) is 5.15. The SMILES string of the molecule is Cc1nn(CC(=O)NC2CCCN(c3nc4ccccc4s3)C2)c(=O)c2ccccc12. The van der Waals surface area contributed by atoms with Crippen molar-refractivity contribution in [1.29, 1.82) is 0 Å². The van der Waals surface area contributed by atoms with Gasteiger partial charge in [0.25, 0.3) is 5.56 Å². The third-order valence-electron chi connectivity index (χ3n) is 5.69. The number of benzene rings is 2. The van der Waals surface area contributed by atoms with Gasteiger partial charge in [-0.2, -0.15) is 5.10 Å². The summed E-state index contributed by atoms with van der Waals surface area (Å²) in [7, 11) is 0. The lowest BCUT2D eigenvalue weighted by molar-refractivity contribution is -0.122. The number of amides is 1. The van der Waals surface area contributed by atoms with Gasteiger partial charge in [-0.15, -0.1) is 0 Å². The lowest BCUT2D eigenvalue weighted by atomic mass is 10.1. The van der Waals surface area contributed by atoms with Gasteiger partial charge in [0.1, 0.15) is 6.54 Å². The maximum Gasteiger partial charge on any atom is 0.275 e. The van der Waals surface area contributed by atoms with Gasteiger partial charge in [0.05, 0.1) is 21.3 Å². The van der Waals surface area contributed by atoms with Gasteiger partial charge in [-0.3, -0.25) is 9.59 Å². The molecule has 2 aromatic carbocycles. The van der Waals surface area contributed by atoms with Gasteiger partial charge < -0.3 is 10.2 Å². The molecule has 31 heavy (non-hydrogen) atoms. The van der Waals surface area contributed by atoms with Gasteiger partial charge in [0.15, 0.2) is 5.13 Å². The molecular formula is C23H23N5O2S. The van der Waals surface area contributed by atoms with Gasteiger partial charge in [0, 0.05) is 24.5 Å². The van der Waals surface area contributed by atoms with E-state index in [2.05, 4.69) is 21.4 Å². The number of carbonyl (C=O) groups is 1. The number of aromatic nitrogens is 3. The number of rotatable bonds is 4. The quantitative estimate of drug-likeness (QED) is 0.535. The Bertz CT molecular complexity index is 1300. The molecule has 7 nitrogen and oxygen atoms in total. The molecule has 1 saturated heterocycles. The van der Waals surface area contributed by atoms with Gasteiger partial charge in [-0.05, 0) is 38.0 Å². The molecule has 158 valence electrons. The summed E-state index contributed by atoms with van der Waals surface area (Å²) in [4.78, 5) is 32.4. The first-order valence-electron chi connectivity index (χ1n) is 10.4. The summed E-state index contributed by atoms with van der Waals surface area (Å²) in [5.74, 6) is -0.194. The van der Waals surface area contributed by atoms with Crippen molar-refractivity contribution in [3.05, 3.63) is 64.6 Å². The first-order chi connectivity index (χ1) is 15.1. The van der Waals surface area contributed by atoms with Crippen LogP contribution in [0.4, 0.5) is 5.13 Å². The molecule has 1 aliphatic heterocycles. The molecule has 0 radical (unpaired) electrons. The Morgan fingerprint density at radius 1 is 1.16 bits per heavy atom. The van der Waals surface area contributed by atoms with Gasteiger partial charge in [0.2, 0.25) is 5.91 Å². The van der Waals surface area contributed by atoms with Crippen molar-refractivity contribution in [3.63, 3.8) is 0 Å². The molecule has 1 atom stereocenters. The van der Waals surface area contributed by atoms with Crippen LogP contribution in [0.25, 0.3) is 21.0 Å². The molecule has 1 fully saturated rings. The normalized spacial score (nSPS) is 16.7. The average Bonchev–Trinajstić information content (AvgIpc) is 3.22. The predicted octanol–water partition coefficient (Wildman–Crippen LogP) is 3.10. The van der Waals surface area contributed by atoms with E-state index >= 15 is 0 Å². The first-order valence-corrected chi connectivity index (χ1v) is 11.3. The Hall–Kier alpha value is -3.26. The van der Waals surface area contributed by atoms with Crippen LogP contribution in [0.15, 0.2) is 53.3 Å². The number of thiazole rings is 1. The molecule has 8 heteroatoms. The summed E-state index contributed by atoms with van der Waals surface area (Å²) in [6.07, 6.45) is 1.89. The van der Waals surface area contributed by atoms with E-state index in [1.54, 1.807) is 17.4 Å². The third-order valence-corrected chi connectivity index (χ3v) is 6.78. The smallest absolute Gasteiger partial charge is 0.275 e. The summed E-state index contributed by atoms with van der Waals surface area (Å²) in [5.41, 5.74) is 1.50. The van der Waals surface area contributed by atoms with E-state index in [4.69, 9.17) is 4.98 Å². The molecule has 0 bridgehead atoms. The molecule has 3 heterocycles. The molecule has 0 aliphatic carbocycles. The highest BCUT2D eigenvalue weighted by molar-refractivity contribution is 7.22. The topological polar surface area (TPSA) is 80.1 Å². The predicted molar refractivity (Wildman–Crippen MR) is 124 cm³/mol. The Labute approximate surface area is 183 Å². The standard InChI is InChI=1S/C23H23N5O2S/c1-15-17-8-2-3-9-18(17)22(30)28(26-15)14-21(29)24-16-7-6-12-27(13-16)23-25-19-10-4-5-11-20(19)31-23/h2-5,8-11,16H,6-7,12-14H2,1H3,(H,24,29). The minimum Gasteiger partial charge on any atom is -0.350 e. The van der Waals surface area contributed by atoms with Crippen LogP contribution in [0.5, 0.6) is 0 Å². The molecule has 0 spiro atoms. The van der Waals surface area contributed by atoms with Crippen molar-refractivity contribution in [1.82, 2.24) is 20.1 Å². The van der Waals surface area contributed by atoms with Crippen LogP contribution in [-0.4, -0.2) is 39.8 Å². The largest absolute Gasteiger partial charge is 0.350 e. The highest BCUT2D eigenvalue weighted by Gasteiger charge is 2.24. The van der Waals surface area contributed by atoms with E-state index in [1.807, 2.05) is 43.3 Å². The number of hydrogen-bond donors (Lipinski definition) is 1. The molecule has 1 unspecified atom stereocenters. The number of hydrogen-bond acceptors (Lipinski definition) is 6. The number of fused-ring (bicyclic) bond motifs is 2. The van der Waals surface area contributed by atoms with Gasteiger partial charge in [-0.1, -0.05) is 41.7 Å². The number of para-hydroxylation sites is 1. The minimum absolute atomic E-state index is 0.0190. The second-order valence-electron chi connectivity index (χ2n) is 7.91. The monoisotopic (exact) mass is 433 g/mol. The second kappa shape index (κ2) is 8.11. The van der Waals surface area contributed by atoms with Crippen molar-refractivity contribution >= 4 is 43.4 Å². The van der Waals surface area contributed by atoms with Crippen LogP contribution >= 0.6 is 11.3 Å². The maximum absolute atomic E-state index is 12.7. The maximum atomic E-state index is 12.7. The molecule has 5 rings (SSSR count). The highest BCUT2D eigenvalue weighted by atomic mass is 32.1. The van der Waals surface area contributed by atoms with Crippen molar-refractivity contribution < 1.29 is 4.79 Å². The molecule has 1 N–H and O–H groups in total. The second-order valence-corrected chi connectivity index (χ2v) is 8.92. The number of nitrogens with one attached hydrogen (secondary N) is 1. The molecule has 0 saturated carbocycles. The third kappa shape index (κ3) is 3.90. The fourth-order valence-electron chi connectivity index (χ4n) is 4.19. The van der Waals surface area contributed by atoms with E-state index in [9.17, 15) is 9.59 Å². The van der Waals surface area contributed by atoms with Crippen LogP contribution in [0.2, 0.25) is 0 Å². The Morgan fingerprint density at radius 3 is 2.77 bits per heavy atom. The summed E-state index contributed by atoms with van der Waals surface area (Å²) in [6, 6.07) is 15.5. The van der Waals surface area contributed by atoms with Crippen molar-refractivity contribution in [2.24, 2.45) is 0 Å². The lowest BCUT2D eigenvalue weighted by Crippen LogP contribution is -2.49. The van der Waals surface area contributed by atoms with Crippen molar-refractivity contribution in [2.75, 3.05) is 18.0 Å². The number of piperidine rings is 1. The molecule has 4 aromatic rings. The number of carbonyl (C=O) groups excluding carboxylic acids is 1. The van der Waals surface area contributed by atoms with E-state index in [0.29, 0.717) is 11.9 Å². The van der Waals surface area contributed by atoms with Crippen LogP contribution < -0.4 is 15.8 Å². The molecule has 1 aliphatic rings. The summed E-state index contributed by atoms with van der Waals surface area (Å²) in [6.45, 7) is 3.41. The number of anilines is 1. The molecule has 1 amide bonds. The van der Waals surface area contributed by atoms with Crippen molar-refractivity contribution in [2.45, 2.75) is 32.4 Å². The average molecular weight is 434 g/mol. The lowest BCUT2D eigenvalue weighted by Gasteiger charge is -2.32. The number of nitrogens with zero attached hydrogens (tertiary/aromatic N) is 4. The molecule has 2 aromatic heterocycles. The van der Waals surface area contributed by atoms with Crippen LogP contribution in [0.1, 0.15) is 18.5 Å². The Morgan fingerprint density at radius 2 is 1.94 bits per heavy atom. The minimum atomic E-state index is -0.240. The van der Waals surface area contributed by atoms with Gasteiger partial charge in [-0.25, -0.2) is 9.67 Å². The fraction of sp³-hybridized carbons (Fsp3) is 0.304. The zero-order valence-electron chi connectivity index (χ0n) is 17.2. The number of aryl methyl sites for hydroxylation is 1. The van der Waals surface area contributed by atoms with E-state index in [1.165, 1.54) is 9.38 Å². The molecular weight excluding hydrogens is 410 g/mol. The summed E-state index contributed by atoms with van der Waals surface area (Å²) in [5, 5.41) is 9.83. The zero-order chi connectivity index (χ0) is 21.4. The van der Waals surface area contributed by atoms with E-state index in [0.717, 1.165) is 41.1 Å². The van der Waals surface area contributed by atoms with Crippen molar-refractivity contribution in [3.8, 4) is 0 Å². The van der Waals surface area contributed by atoms with E-state index < -0.39 is 0 Å². The fourth-order valence-corrected chi connectivity index (χ4v) is 5.19.